The Balaban J connectivity index is 2.22. The lowest BCUT2D eigenvalue weighted by atomic mass is 10.1. The summed E-state index contributed by atoms with van der Waals surface area (Å²) in [5, 5.41) is 0. The Kier molecular flexibility index (Phi) is 4.83. The predicted octanol–water partition coefficient (Wildman–Crippen LogP) is 2.00. The van der Waals surface area contributed by atoms with Gasteiger partial charge in [0.2, 0.25) is 10.0 Å². The summed E-state index contributed by atoms with van der Waals surface area (Å²) in [5.74, 6) is 0.277. The molecule has 0 aromatic heterocycles. The molecule has 4 nitrogen and oxygen atoms in total. The van der Waals surface area contributed by atoms with Crippen molar-refractivity contribution in [2.24, 2.45) is 11.7 Å². The minimum absolute atomic E-state index is 0.0314. The van der Waals surface area contributed by atoms with Crippen molar-refractivity contribution in [3.63, 3.8) is 0 Å². The van der Waals surface area contributed by atoms with Crippen LogP contribution in [0.25, 0.3) is 0 Å². The second-order valence-corrected chi connectivity index (χ2v) is 7.55. The van der Waals surface area contributed by atoms with Crippen molar-refractivity contribution in [3.05, 3.63) is 29.8 Å². The highest BCUT2D eigenvalue weighted by Crippen LogP contribution is 2.29. The summed E-state index contributed by atoms with van der Waals surface area (Å²) in [5.41, 5.74) is 6.85. The molecular weight excluding hydrogens is 272 g/mol. The van der Waals surface area contributed by atoms with Gasteiger partial charge in [0, 0.05) is 12.6 Å². The standard InChI is InChI=1S/C15H24N2O2S/c1-3-4-13-5-7-15(8-6-13)20(18,19)17-11-14(10-16)9-12(17)2/h5-8,12,14H,3-4,9-11,16H2,1-2H3. The fourth-order valence-electron chi connectivity index (χ4n) is 2.87. The molecule has 1 aromatic rings. The molecule has 2 unspecified atom stereocenters. The zero-order valence-corrected chi connectivity index (χ0v) is 13.1. The third-order valence-corrected chi connectivity index (χ3v) is 6.00. The predicted molar refractivity (Wildman–Crippen MR) is 81.0 cm³/mol. The Morgan fingerprint density at radius 3 is 2.45 bits per heavy atom. The van der Waals surface area contributed by atoms with Gasteiger partial charge in [-0.15, -0.1) is 0 Å². The maximum Gasteiger partial charge on any atom is 0.243 e. The monoisotopic (exact) mass is 296 g/mol. The molecule has 2 N–H and O–H groups in total. The van der Waals surface area contributed by atoms with E-state index in [1.807, 2.05) is 19.1 Å². The first kappa shape index (κ1) is 15.5. The first-order chi connectivity index (χ1) is 9.48. The minimum Gasteiger partial charge on any atom is -0.330 e. The molecule has 1 heterocycles. The van der Waals surface area contributed by atoms with Crippen LogP contribution >= 0.6 is 0 Å². The Hall–Kier alpha value is -0.910. The SMILES string of the molecule is CCCc1ccc(S(=O)(=O)N2CC(CN)CC2C)cc1. The van der Waals surface area contributed by atoms with E-state index in [0.29, 0.717) is 18.0 Å². The van der Waals surface area contributed by atoms with E-state index in [1.165, 1.54) is 5.56 Å². The van der Waals surface area contributed by atoms with E-state index in [2.05, 4.69) is 6.92 Å². The lowest BCUT2D eigenvalue weighted by Gasteiger charge is -2.21. The van der Waals surface area contributed by atoms with Gasteiger partial charge >= 0.3 is 0 Å². The quantitative estimate of drug-likeness (QED) is 0.904. The lowest BCUT2D eigenvalue weighted by molar-refractivity contribution is 0.404. The molecular formula is C15H24N2O2S. The molecule has 0 spiro atoms. The van der Waals surface area contributed by atoms with Gasteiger partial charge in [0.25, 0.3) is 0 Å². The smallest absolute Gasteiger partial charge is 0.243 e. The fraction of sp³-hybridized carbons (Fsp3) is 0.600. The van der Waals surface area contributed by atoms with Gasteiger partial charge in [0.1, 0.15) is 0 Å². The van der Waals surface area contributed by atoms with Crippen LogP contribution in [-0.2, 0) is 16.4 Å². The summed E-state index contributed by atoms with van der Waals surface area (Å²) in [7, 11) is -3.38. The number of hydrogen-bond donors (Lipinski definition) is 1. The lowest BCUT2D eigenvalue weighted by Crippen LogP contribution is -2.34. The molecule has 1 saturated heterocycles. The van der Waals surface area contributed by atoms with Crippen LogP contribution in [-0.4, -0.2) is 31.9 Å². The summed E-state index contributed by atoms with van der Waals surface area (Å²) < 4.78 is 26.9. The van der Waals surface area contributed by atoms with Crippen molar-refractivity contribution < 1.29 is 8.42 Å². The average Bonchev–Trinajstić information content (AvgIpc) is 2.82. The van der Waals surface area contributed by atoms with Crippen molar-refractivity contribution in [2.45, 2.75) is 44.0 Å². The maximum atomic E-state index is 12.7. The van der Waals surface area contributed by atoms with Gasteiger partial charge in [-0.25, -0.2) is 8.42 Å². The summed E-state index contributed by atoms with van der Waals surface area (Å²) >= 11 is 0. The van der Waals surface area contributed by atoms with Crippen LogP contribution in [0.15, 0.2) is 29.2 Å². The molecule has 0 saturated carbocycles. The van der Waals surface area contributed by atoms with E-state index in [4.69, 9.17) is 5.73 Å². The minimum atomic E-state index is -3.38. The van der Waals surface area contributed by atoms with E-state index in [-0.39, 0.29) is 12.0 Å². The number of hydrogen-bond acceptors (Lipinski definition) is 3. The molecule has 0 amide bonds. The molecule has 0 bridgehead atoms. The van der Waals surface area contributed by atoms with E-state index < -0.39 is 10.0 Å². The Morgan fingerprint density at radius 1 is 1.30 bits per heavy atom. The number of sulfonamides is 1. The summed E-state index contributed by atoms with van der Waals surface area (Å²) in [6.07, 6.45) is 2.90. The molecule has 1 aromatic carbocycles. The second-order valence-electron chi connectivity index (χ2n) is 5.66. The molecule has 0 radical (unpaired) electrons. The van der Waals surface area contributed by atoms with Gasteiger partial charge in [0.05, 0.1) is 4.90 Å². The maximum absolute atomic E-state index is 12.7. The summed E-state index contributed by atoms with van der Waals surface area (Å²) in [6.45, 7) is 5.16. The molecule has 1 aliphatic rings. The number of rotatable bonds is 5. The molecule has 0 aliphatic carbocycles. The molecule has 2 atom stereocenters. The van der Waals surface area contributed by atoms with Crippen LogP contribution < -0.4 is 5.73 Å². The van der Waals surface area contributed by atoms with Crippen LogP contribution in [0.1, 0.15) is 32.3 Å². The van der Waals surface area contributed by atoms with Crippen LogP contribution in [0.4, 0.5) is 0 Å². The molecule has 112 valence electrons. The van der Waals surface area contributed by atoms with Crippen LogP contribution in [0, 0.1) is 5.92 Å². The highest BCUT2D eigenvalue weighted by molar-refractivity contribution is 7.89. The molecule has 1 aliphatic heterocycles. The molecule has 1 fully saturated rings. The van der Waals surface area contributed by atoms with Crippen molar-refractivity contribution in [2.75, 3.05) is 13.1 Å². The zero-order valence-electron chi connectivity index (χ0n) is 12.2. The van der Waals surface area contributed by atoms with Gasteiger partial charge in [-0.3, -0.25) is 0 Å². The Labute approximate surface area is 122 Å². The van der Waals surface area contributed by atoms with Gasteiger partial charge in [0.15, 0.2) is 0 Å². The van der Waals surface area contributed by atoms with Crippen molar-refractivity contribution in [1.82, 2.24) is 4.31 Å². The van der Waals surface area contributed by atoms with E-state index in [9.17, 15) is 8.42 Å². The molecule has 20 heavy (non-hydrogen) atoms. The molecule has 2 rings (SSSR count). The Bertz CT molecular complexity index is 539. The van der Waals surface area contributed by atoms with E-state index in [1.54, 1.807) is 16.4 Å². The normalized spacial score (nSPS) is 24.1. The highest BCUT2D eigenvalue weighted by Gasteiger charge is 2.37. The second kappa shape index (κ2) is 6.24. The first-order valence-electron chi connectivity index (χ1n) is 7.30. The number of nitrogens with two attached hydrogens (primary N) is 1. The summed E-state index contributed by atoms with van der Waals surface area (Å²) in [4.78, 5) is 0.391. The number of benzene rings is 1. The van der Waals surface area contributed by atoms with Gasteiger partial charge < -0.3 is 5.73 Å². The third-order valence-electron chi connectivity index (χ3n) is 4.01. The first-order valence-corrected chi connectivity index (χ1v) is 8.74. The van der Waals surface area contributed by atoms with Crippen molar-refractivity contribution >= 4 is 10.0 Å². The van der Waals surface area contributed by atoms with Gasteiger partial charge in [-0.1, -0.05) is 25.5 Å². The number of aryl methyl sites for hydroxylation is 1. The van der Waals surface area contributed by atoms with Crippen LogP contribution in [0.5, 0.6) is 0 Å². The zero-order chi connectivity index (χ0) is 14.8. The average molecular weight is 296 g/mol. The number of nitrogens with zero attached hydrogens (tertiary/aromatic N) is 1. The Morgan fingerprint density at radius 2 is 1.95 bits per heavy atom. The third kappa shape index (κ3) is 3.05. The topological polar surface area (TPSA) is 63.4 Å². The van der Waals surface area contributed by atoms with E-state index >= 15 is 0 Å². The van der Waals surface area contributed by atoms with Crippen molar-refractivity contribution in [3.8, 4) is 0 Å². The fourth-order valence-corrected chi connectivity index (χ4v) is 4.58. The summed E-state index contributed by atoms with van der Waals surface area (Å²) in [6, 6.07) is 7.31. The largest absolute Gasteiger partial charge is 0.330 e. The van der Waals surface area contributed by atoms with Crippen LogP contribution in [0.2, 0.25) is 0 Å². The van der Waals surface area contributed by atoms with E-state index in [0.717, 1.165) is 19.3 Å². The van der Waals surface area contributed by atoms with Gasteiger partial charge in [-0.05, 0) is 49.9 Å². The van der Waals surface area contributed by atoms with Gasteiger partial charge in [-0.2, -0.15) is 4.31 Å². The van der Waals surface area contributed by atoms with Crippen LogP contribution in [0.3, 0.4) is 0 Å². The molecule has 5 heteroatoms. The van der Waals surface area contributed by atoms with Crippen molar-refractivity contribution in [1.29, 1.82) is 0 Å². The highest BCUT2D eigenvalue weighted by atomic mass is 32.2.